The van der Waals surface area contributed by atoms with Crippen LogP contribution < -0.4 is 0 Å². The lowest BCUT2D eigenvalue weighted by molar-refractivity contribution is -0.154. The van der Waals surface area contributed by atoms with Crippen molar-refractivity contribution < 1.29 is 32.0 Å². The Morgan fingerprint density at radius 1 is 0.591 bits per heavy atom. The molecule has 0 aliphatic rings. The molecule has 3 unspecified atom stereocenters. The van der Waals surface area contributed by atoms with E-state index in [1.54, 1.807) is 13.8 Å². The Labute approximate surface area is 270 Å². The highest BCUT2D eigenvalue weighted by Crippen LogP contribution is 2.21. The molecule has 0 aliphatic carbocycles. The van der Waals surface area contributed by atoms with Crippen molar-refractivity contribution in [3.8, 4) is 0 Å². The zero-order chi connectivity index (χ0) is 33.2. The van der Waals surface area contributed by atoms with Gasteiger partial charge >= 0.3 is 11.9 Å². The first-order valence-corrected chi connectivity index (χ1v) is 19.1. The van der Waals surface area contributed by atoms with Crippen LogP contribution in [0.5, 0.6) is 0 Å². The van der Waals surface area contributed by atoms with Gasteiger partial charge in [-0.05, 0) is 50.7 Å². The molecular weight excluding hydrogens is 576 g/mol. The van der Waals surface area contributed by atoms with Gasteiger partial charge in [-0.25, -0.2) is 0 Å². The molecule has 0 spiro atoms. The summed E-state index contributed by atoms with van der Waals surface area (Å²) in [5.41, 5.74) is 1.24. The molecule has 0 radical (unpaired) electrons. The first kappa shape index (κ1) is 42.3. The first-order valence-electron chi connectivity index (χ1n) is 17.6. The third kappa shape index (κ3) is 22.8. The van der Waals surface area contributed by atoms with Crippen LogP contribution in [0.2, 0.25) is 0 Å². The molecule has 0 aromatic carbocycles. The second-order valence-corrected chi connectivity index (χ2v) is 14.3. The summed E-state index contributed by atoms with van der Waals surface area (Å²) < 4.78 is 45.0. The van der Waals surface area contributed by atoms with E-state index in [0.717, 1.165) is 38.5 Å². The molecule has 0 aromatic heterocycles. The first-order chi connectivity index (χ1) is 20.9. The SMILES string of the molecule is C=C(C)C(CCCCCCCCCCCC)OC(=O)CC(C(=O)OC(CCCCCCCCCCCC)C(=C)C)S(=O)(=O)O. The number of carbonyl (C=O) groups excluding carboxylic acids is 2. The summed E-state index contributed by atoms with van der Waals surface area (Å²) in [6, 6.07) is 0. The van der Waals surface area contributed by atoms with E-state index in [-0.39, 0.29) is 0 Å². The highest BCUT2D eigenvalue weighted by molar-refractivity contribution is 7.87. The molecular formula is C36H66O7S. The van der Waals surface area contributed by atoms with Crippen LogP contribution >= 0.6 is 0 Å². The van der Waals surface area contributed by atoms with Crippen molar-refractivity contribution >= 4 is 22.1 Å². The van der Waals surface area contributed by atoms with Gasteiger partial charge in [0, 0.05) is 0 Å². The Morgan fingerprint density at radius 3 is 1.23 bits per heavy atom. The van der Waals surface area contributed by atoms with Crippen molar-refractivity contribution in [3.05, 3.63) is 24.3 Å². The largest absolute Gasteiger partial charge is 0.458 e. The summed E-state index contributed by atoms with van der Waals surface area (Å²) in [7, 11) is -4.90. The standard InChI is InChI=1S/C36H66O7S/c1-7-9-11-13-15-17-19-21-23-25-27-32(30(3)4)42-35(37)29-34(44(39,40)41)36(38)43-33(31(5)6)28-26-24-22-20-18-16-14-12-10-8-2/h32-34H,3,5,7-29H2,1-2,4,6H3,(H,39,40,41). The Balaban J connectivity index is 4.69. The summed E-state index contributed by atoms with van der Waals surface area (Å²) >= 11 is 0. The van der Waals surface area contributed by atoms with Crippen LogP contribution in [0.15, 0.2) is 24.3 Å². The highest BCUT2D eigenvalue weighted by atomic mass is 32.2. The van der Waals surface area contributed by atoms with E-state index in [2.05, 4.69) is 27.0 Å². The van der Waals surface area contributed by atoms with E-state index < -0.39 is 45.9 Å². The van der Waals surface area contributed by atoms with Crippen LogP contribution in [0.1, 0.15) is 175 Å². The zero-order valence-corrected chi connectivity index (χ0v) is 29.5. The van der Waals surface area contributed by atoms with Gasteiger partial charge in [-0.3, -0.25) is 14.1 Å². The van der Waals surface area contributed by atoms with Crippen LogP contribution in [-0.2, 0) is 29.2 Å². The third-order valence-electron chi connectivity index (χ3n) is 8.25. The fraction of sp³-hybridized carbons (Fsp3) is 0.833. The van der Waals surface area contributed by atoms with Gasteiger partial charge in [0.15, 0.2) is 5.25 Å². The molecule has 0 saturated carbocycles. The Hall–Kier alpha value is -1.67. The van der Waals surface area contributed by atoms with Gasteiger partial charge in [-0.15, -0.1) is 0 Å². The molecule has 0 fully saturated rings. The smallest absolute Gasteiger partial charge is 0.328 e. The van der Waals surface area contributed by atoms with E-state index in [9.17, 15) is 22.6 Å². The zero-order valence-electron chi connectivity index (χ0n) is 28.7. The maximum absolute atomic E-state index is 12.9. The van der Waals surface area contributed by atoms with E-state index in [1.165, 1.54) is 89.9 Å². The highest BCUT2D eigenvalue weighted by Gasteiger charge is 2.37. The second kappa shape index (κ2) is 26.5. The maximum Gasteiger partial charge on any atom is 0.328 e. The molecule has 0 rings (SSSR count). The lowest BCUT2D eigenvalue weighted by Gasteiger charge is -2.22. The van der Waals surface area contributed by atoms with E-state index in [4.69, 9.17) is 9.47 Å². The molecule has 7 nitrogen and oxygen atoms in total. The summed E-state index contributed by atoms with van der Waals surface area (Å²) in [5, 5.41) is -2.05. The van der Waals surface area contributed by atoms with Crippen LogP contribution in [0, 0.1) is 0 Å². The van der Waals surface area contributed by atoms with Crippen molar-refractivity contribution in [3.63, 3.8) is 0 Å². The lowest BCUT2D eigenvalue weighted by atomic mass is 10.0. The Kier molecular flexibility index (Phi) is 25.5. The fourth-order valence-electron chi connectivity index (χ4n) is 5.33. The fourth-order valence-corrected chi connectivity index (χ4v) is 5.98. The van der Waals surface area contributed by atoms with Gasteiger partial charge in [0.2, 0.25) is 0 Å². The van der Waals surface area contributed by atoms with Crippen molar-refractivity contribution in [2.45, 2.75) is 193 Å². The number of ether oxygens (including phenoxy) is 2. The molecule has 1 N–H and O–H groups in total. The molecule has 0 heterocycles. The van der Waals surface area contributed by atoms with Crippen molar-refractivity contribution in [1.82, 2.24) is 0 Å². The van der Waals surface area contributed by atoms with Gasteiger partial charge in [0.1, 0.15) is 12.2 Å². The number of carbonyl (C=O) groups is 2. The summed E-state index contributed by atoms with van der Waals surface area (Å²) in [6.07, 6.45) is 22.5. The van der Waals surface area contributed by atoms with Gasteiger partial charge in [0.25, 0.3) is 10.1 Å². The molecule has 44 heavy (non-hydrogen) atoms. The Morgan fingerprint density at radius 2 is 0.909 bits per heavy atom. The molecule has 0 aliphatic heterocycles. The average molecular weight is 643 g/mol. The third-order valence-corrected chi connectivity index (χ3v) is 9.32. The minimum atomic E-state index is -4.90. The van der Waals surface area contributed by atoms with Crippen molar-refractivity contribution in [2.24, 2.45) is 0 Å². The predicted octanol–water partition coefficient (Wildman–Crippen LogP) is 10.2. The molecule has 8 heteroatoms. The van der Waals surface area contributed by atoms with Gasteiger partial charge in [-0.2, -0.15) is 8.42 Å². The monoisotopic (exact) mass is 642 g/mol. The molecule has 0 amide bonds. The van der Waals surface area contributed by atoms with Gasteiger partial charge < -0.3 is 9.47 Å². The summed E-state index contributed by atoms with van der Waals surface area (Å²) in [5.74, 6) is -2.04. The minimum absolute atomic E-state index is 0.511. The number of hydrogen-bond acceptors (Lipinski definition) is 6. The second-order valence-electron chi connectivity index (χ2n) is 12.7. The molecule has 258 valence electrons. The lowest BCUT2D eigenvalue weighted by Crippen LogP contribution is -2.37. The molecule has 0 saturated heterocycles. The Bertz CT molecular complexity index is 896. The van der Waals surface area contributed by atoms with Crippen LogP contribution in [0.25, 0.3) is 0 Å². The van der Waals surface area contributed by atoms with Crippen LogP contribution in [0.4, 0.5) is 0 Å². The van der Waals surface area contributed by atoms with Crippen LogP contribution in [0.3, 0.4) is 0 Å². The van der Waals surface area contributed by atoms with E-state index in [0.29, 0.717) is 24.0 Å². The number of hydrogen-bond donors (Lipinski definition) is 1. The van der Waals surface area contributed by atoms with E-state index >= 15 is 0 Å². The number of rotatable bonds is 30. The van der Waals surface area contributed by atoms with E-state index in [1.807, 2.05) is 0 Å². The van der Waals surface area contributed by atoms with Gasteiger partial charge in [0.05, 0.1) is 6.42 Å². The quantitative estimate of drug-likeness (QED) is 0.0359. The van der Waals surface area contributed by atoms with Gasteiger partial charge in [-0.1, -0.05) is 143 Å². The summed E-state index contributed by atoms with van der Waals surface area (Å²) in [4.78, 5) is 25.6. The number of esters is 2. The van der Waals surface area contributed by atoms with Crippen LogP contribution in [-0.4, -0.2) is 42.4 Å². The normalized spacial score (nSPS) is 13.7. The topological polar surface area (TPSA) is 107 Å². The molecule has 0 aromatic rings. The molecule has 0 bridgehead atoms. The maximum atomic E-state index is 12.9. The predicted molar refractivity (Wildman–Crippen MR) is 182 cm³/mol. The average Bonchev–Trinajstić information content (AvgIpc) is 2.95. The molecule has 3 atom stereocenters. The summed E-state index contributed by atoms with van der Waals surface area (Å²) in [6.45, 7) is 15.7. The van der Waals surface area contributed by atoms with Crippen molar-refractivity contribution in [1.29, 1.82) is 0 Å². The van der Waals surface area contributed by atoms with Crippen molar-refractivity contribution in [2.75, 3.05) is 0 Å². The minimum Gasteiger partial charge on any atom is -0.458 e. The number of unbranched alkanes of at least 4 members (excludes halogenated alkanes) is 18.